The standard InChI is InChI=1S/C13H21N3O/c1-3-10-4-5-14-12(6-10)7-13(17)11-8-15-16(2)9-11/h8-10,12,14H,3-7H2,1-2H3. The maximum atomic E-state index is 12.0. The molecule has 0 bridgehead atoms. The molecule has 2 atom stereocenters. The highest BCUT2D eigenvalue weighted by molar-refractivity contribution is 5.95. The number of aromatic nitrogens is 2. The zero-order valence-corrected chi connectivity index (χ0v) is 10.6. The number of hydrogen-bond acceptors (Lipinski definition) is 3. The molecule has 1 aromatic heterocycles. The summed E-state index contributed by atoms with van der Waals surface area (Å²) in [5.41, 5.74) is 0.730. The van der Waals surface area contributed by atoms with Gasteiger partial charge < -0.3 is 5.32 Å². The molecule has 94 valence electrons. The largest absolute Gasteiger partial charge is 0.314 e. The Kier molecular flexibility index (Phi) is 3.94. The van der Waals surface area contributed by atoms with Crippen LogP contribution in [0.15, 0.2) is 12.4 Å². The van der Waals surface area contributed by atoms with Crippen LogP contribution in [0, 0.1) is 5.92 Å². The molecule has 1 aromatic rings. The first-order valence-corrected chi connectivity index (χ1v) is 6.44. The number of piperidine rings is 1. The molecule has 2 heterocycles. The van der Waals surface area contributed by atoms with Gasteiger partial charge in [-0.05, 0) is 25.3 Å². The van der Waals surface area contributed by atoms with Gasteiger partial charge in [-0.1, -0.05) is 13.3 Å². The van der Waals surface area contributed by atoms with Crippen LogP contribution in [0.5, 0.6) is 0 Å². The zero-order chi connectivity index (χ0) is 12.3. The predicted octanol–water partition coefficient (Wildman–Crippen LogP) is 1.77. The van der Waals surface area contributed by atoms with E-state index in [9.17, 15) is 4.79 Å². The molecule has 0 saturated carbocycles. The summed E-state index contributed by atoms with van der Waals surface area (Å²) in [6.45, 7) is 3.28. The number of rotatable bonds is 4. The van der Waals surface area contributed by atoms with Crippen molar-refractivity contribution in [1.82, 2.24) is 15.1 Å². The lowest BCUT2D eigenvalue weighted by atomic mass is 9.88. The van der Waals surface area contributed by atoms with Crippen molar-refractivity contribution in [1.29, 1.82) is 0 Å². The Labute approximate surface area is 102 Å². The van der Waals surface area contributed by atoms with Crippen LogP contribution in [0.2, 0.25) is 0 Å². The van der Waals surface area contributed by atoms with E-state index in [4.69, 9.17) is 0 Å². The summed E-state index contributed by atoms with van der Waals surface area (Å²) < 4.78 is 1.68. The van der Waals surface area contributed by atoms with Crippen LogP contribution in [-0.2, 0) is 7.05 Å². The van der Waals surface area contributed by atoms with Gasteiger partial charge in [-0.3, -0.25) is 9.48 Å². The molecular weight excluding hydrogens is 214 g/mol. The van der Waals surface area contributed by atoms with E-state index in [1.54, 1.807) is 17.1 Å². The van der Waals surface area contributed by atoms with Gasteiger partial charge in [0, 0.05) is 25.7 Å². The maximum Gasteiger partial charge on any atom is 0.167 e. The molecule has 4 nitrogen and oxygen atoms in total. The molecule has 0 spiro atoms. The summed E-state index contributed by atoms with van der Waals surface area (Å²) in [6, 6.07) is 0.349. The van der Waals surface area contributed by atoms with Gasteiger partial charge in [0.1, 0.15) is 0 Å². The number of carbonyl (C=O) groups is 1. The minimum absolute atomic E-state index is 0.201. The number of carbonyl (C=O) groups excluding carboxylic acids is 1. The molecule has 1 aliphatic heterocycles. The molecule has 2 rings (SSSR count). The lowest BCUT2D eigenvalue weighted by molar-refractivity contribution is 0.0957. The highest BCUT2D eigenvalue weighted by Gasteiger charge is 2.23. The first-order chi connectivity index (χ1) is 8.19. The fraction of sp³-hybridized carbons (Fsp3) is 0.692. The lowest BCUT2D eigenvalue weighted by Gasteiger charge is -2.29. The number of ketones is 1. The van der Waals surface area contributed by atoms with Gasteiger partial charge in [-0.15, -0.1) is 0 Å². The first-order valence-electron chi connectivity index (χ1n) is 6.44. The van der Waals surface area contributed by atoms with Gasteiger partial charge in [0.25, 0.3) is 0 Å². The number of Topliss-reactive ketones (excluding diaryl/α,β-unsaturated/α-hetero) is 1. The maximum absolute atomic E-state index is 12.0. The molecule has 1 saturated heterocycles. The molecule has 1 aliphatic rings. The minimum atomic E-state index is 0.201. The minimum Gasteiger partial charge on any atom is -0.314 e. The van der Waals surface area contributed by atoms with E-state index < -0.39 is 0 Å². The quantitative estimate of drug-likeness (QED) is 0.809. The average molecular weight is 235 g/mol. The number of nitrogens with one attached hydrogen (secondary N) is 1. The monoisotopic (exact) mass is 235 g/mol. The highest BCUT2D eigenvalue weighted by atomic mass is 16.1. The third-order valence-electron chi connectivity index (χ3n) is 3.64. The predicted molar refractivity (Wildman–Crippen MR) is 67.0 cm³/mol. The summed E-state index contributed by atoms with van der Waals surface area (Å²) >= 11 is 0. The van der Waals surface area contributed by atoms with Crippen molar-refractivity contribution in [3.8, 4) is 0 Å². The topological polar surface area (TPSA) is 46.9 Å². The smallest absolute Gasteiger partial charge is 0.167 e. The van der Waals surface area contributed by atoms with Crippen LogP contribution in [0.25, 0.3) is 0 Å². The van der Waals surface area contributed by atoms with Gasteiger partial charge >= 0.3 is 0 Å². The van der Waals surface area contributed by atoms with Crippen LogP contribution in [-0.4, -0.2) is 28.2 Å². The van der Waals surface area contributed by atoms with Gasteiger partial charge in [0.15, 0.2) is 5.78 Å². The molecule has 1 fully saturated rings. The van der Waals surface area contributed by atoms with Crippen LogP contribution >= 0.6 is 0 Å². The Morgan fingerprint density at radius 3 is 3.12 bits per heavy atom. The SMILES string of the molecule is CCC1CCNC(CC(=O)c2cnn(C)c2)C1. The third-order valence-corrected chi connectivity index (χ3v) is 3.64. The Hall–Kier alpha value is -1.16. The summed E-state index contributed by atoms with van der Waals surface area (Å²) in [6.07, 6.45) is 7.64. The third kappa shape index (κ3) is 3.16. The van der Waals surface area contributed by atoms with E-state index >= 15 is 0 Å². The van der Waals surface area contributed by atoms with Crippen molar-refractivity contribution in [3.05, 3.63) is 18.0 Å². The van der Waals surface area contributed by atoms with Gasteiger partial charge in [0.2, 0.25) is 0 Å². The molecule has 2 unspecified atom stereocenters. The Morgan fingerprint density at radius 1 is 1.65 bits per heavy atom. The Balaban J connectivity index is 1.90. The van der Waals surface area contributed by atoms with Crippen LogP contribution in [0.4, 0.5) is 0 Å². The summed E-state index contributed by atoms with van der Waals surface area (Å²) in [7, 11) is 1.84. The Morgan fingerprint density at radius 2 is 2.47 bits per heavy atom. The van der Waals surface area contributed by atoms with E-state index in [2.05, 4.69) is 17.3 Å². The summed E-state index contributed by atoms with van der Waals surface area (Å²) in [4.78, 5) is 12.0. The van der Waals surface area contributed by atoms with Gasteiger partial charge in [-0.25, -0.2) is 0 Å². The Bertz CT molecular complexity index is 386. The normalized spacial score (nSPS) is 24.8. The molecule has 4 heteroatoms. The van der Waals surface area contributed by atoms with E-state index in [0.717, 1.165) is 24.4 Å². The molecule has 0 amide bonds. The van der Waals surface area contributed by atoms with Crippen LogP contribution < -0.4 is 5.32 Å². The highest BCUT2D eigenvalue weighted by Crippen LogP contribution is 2.21. The molecule has 0 radical (unpaired) electrons. The van der Waals surface area contributed by atoms with E-state index in [1.165, 1.54) is 12.8 Å². The second-order valence-electron chi connectivity index (χ2n) is 4.98. The fourth-order valence-electron chi connectivity index (χ4n) is 2.53. The van der Waals surface area contributed by atoms with Crippen molar-refractivity contribution in [3.63, 3.8) is 0 Å². The van der Waals surface area contributed by atoms with E-state index in [-0.39, 0.29) is 5.78 Å². The van der Waals surface area contributed by atoms with Crippen molar-refractivity contribution in [2.75, 3.05) is 6.54 Å². The van der Waals surface area contributed by atoms with Crippen molar-refractivity contribution in [2.24, 2.45) is 13.0 Å². The second-order valence-corrected chi connectivity index (χ2v) is 4.98. The zero-order valence-electron chi connectivity index (χ0n) is 10.6. The summed E-state index contributed by atoms with van der Waals surface area (Å²) in [5, 5.41) is 7.48. The van der Waals surface area contributed by atoms with Crippen molar-refractivity contribution < 1.29 is 4.79 Å². The van der Waals surface area contributed by atoms with Crippen molar-refractivity contribution >= 4 is 5.78 Å². The number of aryl methyl sites for hydroxylation is 1. The van der Waals surface area contributed by atoms with Crippen LogP contribution in [0.3, 0.4) is 0 Å². The van der Waals surface area contributed by atoms with Crippen LogP contribution in [0.1, 0.15) is 43.0 Å². The fourth-order valence-corrected chi connectivity index (χ4v) is 2.53. The van der Waals surface area contributed by atoms with Gasteiger partial charge in [0.05, 0.1) is 11.8 Å². The molecule has 17 heavy (non-hydrogen) atoms. The molecule has 1 N–H and O–H groups in total. The number of nitrogens with zero attached hydrogens (tertiary/aromatic N) is 2. The first kappa shape index (κ1) is 12.3. The average Bonchev–Trinajstić information content (AvgIpc) is 2.76. The molecule has 0 aromatic carbocycles. The summed E-state index contributed by atoms with van der Waals surface area (Å²) in [5.74, 6) is 0.982. The van der Waals surface area contributed by atoms with E-state index in [1.807, 2.05) is 7.05 Å². The van der Waals surface area contributed by atoms with Gasteiger partial charge in [-0.2, -0.15) is 5.10 Å². The lowest BCUT2D eigenvalue weighted by Crippen LogP contribution is -2.39. The molecular formula is C13H21N3O. The van der Waals surface area contributed by atoms with E-state index in [0.29, 0.717) is 12.5 Å². The number of hydrogen-bond donors (Lipinski definition) is 1. The molecule has 0 aliphatic carbocycles. The van der Waals surface area contributed by atoms with Crippen molar-refractivity contribution in [2.45, 2.75) is 38.6 Å². The second kappa shape index (κ2) is 5.45.